The number of halogens is 4. The van der Waals surface area contributed by atoms with E-state index in [0.717, 1.165) is 28.4 Å². The summed E-state index contributed by atoms with van der Waals surface area (Å²) in [5, 5.41) is 10.1. The number of hydrogen-bond donors (Lipinski definition) is 1. The molecule has 0 aliphatic heterocycles. The van der Waals surface area contributed by atoms with Gasteiger partial charge >= 0.3 is 6.18 Å². The van der Waals surface area contributed by atoms with Crippen LogP contribution in [0.15, 0.2) is 17.4 Å². The summed E-state index contributed by atoms with van der Waals surface area (Å²) in [6.45, 7) is 2.24. The Morgan fingerprint density at radius 2 is 2.19 bits per heavy atom. The molecule has 0 saturated carbocycles. The minimum absolute atomic E-state index is 0.0303. The molecule has 0 unspecified atom stereocenters. The fourth-order valence-corrected chi connectivity index (χ4v) is 2.55. The first-order valence-corrected chi connectivity index (χ1v) is 7.20. The minimum atomic E-state index is -4.52. The van der Waals surface area contributed by atoms with Crippen molar-refractivity contribution in [3.05, 3.63) is 22.8 Å². The molecule has 0 aliphatic carbocycles. The molecule has 0 atom stereocenters. The van der Waals surface area contributed by atoms with E-state index in [4.69, 9.17) is 11.6 Å². The molecule has 0 bridgehead atoms. The number of fused-ring (bicyclic) bond motifs is 1. The fourth-order valence-electron chi connectivity index (χ4n) is 1.57. The Bertz CT molecular complexity index is 673. The van der Waals surface area contributed by atoms with Crippen LogP contribution in [0, 0.1) is 0 Å². The average Bonchev–Trinajstić information content (AvgIpc) is 2.79. The van der Waals surface area contributed by atoms with Crippen LogP contribution < -0.4 is 5.32 Å². The number of rotatable bonds is 4. The lowest BCUT2D eigenvalue weighted by Crippen LogP contribution is -2.24. The number of pyridine rings is 1. The first-order chi connectivity index (χ1) is 9.82. The minimum Gasteiger partial charge on any atom is -0.356 e. The highest BCUT2D eigenvalue weighted by molar-refractivity contribution is 7.99. The van der Waals surface area contributed by atoms with Gasteiger partial charge in [0.2, 0.25) is 5.91 Å². The highest BCUT2D eigenvalue weighted by Crippen LogP contribution is 2.33. The van der Waals surface area contributed by atoms with Crippen LogP contribution in [0.5, 0.6) is 0 Å². The maximum absolute atomic E-state index is 12.8. The Labute approximate surface area is 126 Å². The van der Waals surface area contributed by atoms with Crippen LogP contribution in [-0.2, 0) is 11.0 Å². The summed E-state index contributed by atoms with van der Waals surface area (Å²) >= 11 is 6.77. The Kier molecular flexibility index (Phi) is 4.62. The van der Waals surface area contributed by atoms with Crippen LogP contribution in [0.4, 0.5) is 13.2 Å². The first-order valence-electron chi connectivity index (χ1n) is 5.84. The van der Waals surface area contributed by atoms with E-state index < -0.39 is 11.7 Å². The molecule has 114 valence electrons. The van der Waals surface area contributed by atoms with Gasteiger partial charge in [-0.15, -0.1) is 10.2 Å². The van der Waals surface area contributed by atoms with E-state index in [1.165, 1.54) is 0 Å². The van der Waals surface area contributed by atoms with E-state index in [2.05, 4.69) is 15.5 Å². The molecule has 2 heterocycles. The second-order valence-electron chi connectivity index (χ2n) is 3.99. The highest BCUT2D eigenvalue weighted by atomic mass is 35.5. The topological polar surface area (TPSA) is 59.3 Å². The van der Waals surface area contributed by atoms with Gasteiger partial charge in [-0.25, -0.2) is 0 Å². The van der Waals surface area contributed by atoms with Crippen molar-refractivity contribution in [1.82, 2.24) is 19.9 Å². The van der Waals surface area contributed by atoms with Crippen molar-refractivity contribution in [2.45, 2.75) is 18.3 Å². The number of aromatic nitrogens is 3. The lowest BCUT2D eigenvalue weighted by molar-refractivity contribution is -0.137. The lowest BCUT2D eigenvalue weighted by atomic mass is 10.3. The summed E-state index contributed by atoms with van der Waals surface area (Å²) in [5.74, 6) is -0.208. The smallest absolute Gasteiger partial charge is 0.356 e. The number of carbonyl (C=O) groups is 1. The van der Waals surface area contributed by atoms with Crippen molar-refractivity contribution in [1.29, 1.82) is 0 Å². The molecule has 5 nitrogen and oxygen atoms in total. The molecule has 0 aliphatic rings. The van der Waals surface area contributed by atoms with Crippen molar-refractivity contribution in [3.8, 4) is 0 Å². The van der Waals surface area contributed by atoms with Crippen LogP contribution in [0.1, 0.15) is 12.5 Å². The van der Waals surface area contributed by atoms with E-state index in [1.807, 2.05) is 0 Å². The summed E-state index contributed by atoms with van der Waals surface area (Å²) < 4.78 is 39.4. The van der Waals surface area contributed by atoms with Gasteiger partial charge in [0.1, 0.15) is 0 Å². The quantitative estimate of drug-likeness (QED) is 0.871. The van der Waals surface area contributed by atoms with Crippen LogP contribution in [0.2, 0.25) is 5.02 Å². The zero-order valence-corrected chi connectivity index (χ0v) is 12.3. The Morgan fingerprint density at radius 1 is 1.48 bits per heavy atom. The third-order valence-corrected chi connectivity index (χ3v) is 3.68. The molecule has 21 heavy (non-hydrogen) atoms. The van der Waals surface area contributed by atoms with Gasteiger partial charge in [-0.1, -0.05) is 23.4 Å². The van der Waals surface area contributed by atoms with Crippen molar-refractivity contribution >= 4 is 34.9 Å². The van der Waals surface area contributed by atoms with E-state index in [1.54, 1.807) is 6.92 Å². The van der Waals surface area contributed by atoms with Gasteiger partial charge in [0, 0.05) is 12.7 Å². The predicted octanol–water partition coefficient (Wildman–Crippen LogP) is 2.63. The molecular formula is C11H10ClF3N4OS. The van der Waals surface area contributed by atoms with Gasteiger partial charge in [-0.3, -0.25) is 9.20 Å². The maximum atomic E-state index is 12.8. The number of carbonyl (C=O) groups excluding carboxylic acids is 1. The Balaban J connectivity index is 2.33. The second-order valence-corrected chi connectivity index (χ2v) is 5.34. The molecule has 2 aromatic rings. The lowest BCUT2D eigenvalue weighted by Gasteiger charge is -2.08. The highest BCUT2D eigenvalue weighted by Gasteiger charge is 2.32. The number of thioether (sulfide) groups is 1. The van der Waals surface area contributed by atoms with Gasteiger partial charge in [0.15, 0.2) is 10.8 Å². The van der Waals surface area contributed by atoms with Gasteiger partial charge in [0.25, 0.3) is 0 Å². The third-order valence-electron chi connectivity index (χ3n) is 2.46. The monoisotopic (exact) mass is 338 g/mol. The summed E-state index contributed by atoms with van der Waals surface area (Å²) in [6, 6.07) is 0.795. The number of nitrogens with zero attached hydrogens (tertiary/aromatic N) is 3. The van der Waals surface area contributed by atoms with Crippen LogP contribution in [0.25, 0.3) is 5.65 Å². The van der Waals surface area contributed by atoms with Crippen LogP contribution >= 0.6 is 23.4 Å². The third kappa shape index (κ3) is 3.59. The van der Waals surface area contributed by atoms with Crippen molar-refractivity contribution in [2.24, 2.45) is 0 Å². The molecule has 1 N–H and O–H groups in total. The molecule has 10 heteroatoms. The molecule has 0 fully saturated rings. The summed E-state index contributed by atoms with van der Waals surface area (Å²) in [4.78, 5) is 11.4. The molecule has 2 aromatic heterocycles. The van der Waals surface area contributed by atoms with Gasteiger partial charge in [-0.2, -0.15) is 13.2 Å². The molecular weight excluding hydrogens is 329 g/mol. The predicted molar refractivity (Wildman–Crippen MR) is 72.4 cm³/mol. The molecule has 0 saturated heterocycles. The normalized spacial score (nSPS) is 11.9. The standard InChI is InChI=1S/C11H10ClF3N4OS/c1-2-16-8(20)5-21-10-18-17-9-7(12)3-6(4-19(9)10)11(13,14)15/h3-4H,2,5H2,1H3,(H,16,20). The van der Waals surface area contributed by atoms with E-state index in [9.17, 15) is 18.0 Å². The largest absolute Gasteiger partial charge is 0.417 e. The second kappa shape index (κ2) is 6.10. The molecule has 0 spiro atoms. The van der Waals surface area contributed by atoms with Crippen LogP contribution in [0.3, 0.4) is 0 Å². The zero-order valence-electron chi connectivity index (χ0n) is 10.7. The molecule has 0 radical (unpaired) electrons. The summed E-state index contributed by atoms with van der Waals surface area (Å²) in [5.41, 5.74) is -0.789. The van der Waals surface area contributed by atoms with E-state index in [0.29, 0.717) is 6.54 Å². The molecule has 0 aromatic carbocycles. The number of nitrogens with one attached hydrogen (secondary N) is 1. The van der Waals surface area contributed by atoms with E-state index >= 15 is 0 Å². The first kappa shape index (κ1) is 15.9. The zero-order chi connectivity index (χ0) is 15.6. The van der Waals surface area contributed by atoms with Gasteiger partial charge in [0.05, 0.1) is 16.3 Å². The van der Waals surface area contributed by atoms with Crippen molar-refractivity contribution < 1.29 is 18.0 Å². The van der Waals surface area contributed by atoms with Gasteiger partial charge in [-0.05, 0) is 13.0 Å². The van der Waals surface area contributed by atoms with Gasteiger partial charge < -0.3 is 5.32 Å². The molecule has 2 rings (SSSR count). The average molecular weight is 339 g/mol. The number of hydrogen-bond acceptors (Lipinski definition) is 4. The SMILES string of the molecule is CCNC(=O)CSc1nnc2c(Cl)cc(C(F)(F)F)cn12. The number of alkyl halides is 3. The summed E-state index contributed by atoms with van der Waals surface area (Å²) in [7, 11) is 0. The maximum Gasteiger partial charge on any atom is 0.417 e. The van der Waals surface area contributed by atoms with Crippen molar-refractivity contribution in [3.63, 3.8) is 0 Å². The Hall–Kier alpha value is -1.48. The van der Waals surface area contributed by atoms with Crippen molar-refractivity contribution in [2.75, 3.05) is 12.3 Å². The molecule has 1 amide bonds. The fraction of sp³-hybridized carbons (Fsp3) is 0.364. The van der Waals surface area contributed by atoms with Crippen LogP contribution in [-0.4, -0.2) is 32.8 Å². The number of amides is 1. The van der Waals surface area contributed by atoms with E-state index in [-0.39, 0.29) is 27.5 Å². The Morgan fingerprint density at radius 3 is 2.81 bits per heavy atom. The summed E-state index contributed by atoms with van der Waals surface area (Å²) in [6.07, 6.45) is -3.66.